The van der Waals surface area contributed by atoms with Crippen LogP contribution in [0.4, 0.5) is 0 Å². The molecule has 43 valence electrons. The Bertz CT molecular complexity index is 168. The van der Waals surface area contributed by atoms with Gasteiger partial charge in [-0.25, -0.2) is 0 Å². The topological polar surface area (TPSA) is 30.7 Å². The van der Waals surface area contributed by atoms with E-state index in [4.69, 9.17) is 0 Å². The molecule has 0 unspecified atom stereocenters. The Morgan fingerprint density at radius 3 is 2.75 bits per heavy atom. The van der Waals surface area contributed by atoms with E-state index in [1.807, 2.05) is 18.4 Å². The molecule has 0 fully saturated rings. The van der Waals surface area contributed by atoms with E-state index in [1.54, 1.807) is 0 Å². The van der Waals surface area contributed by atoms with E-state index in [9.17, 15) is 0 Å². The average Bonchev–Trinajstić information content (AvgIpc) is 2.14. The Balaban J connectivity index is 2.92. The maximum Gasteiger partial charge on any atom is 0.202 e. The number of hydrogen-bond acceptors (Lipinski definition) is 2. The van der Waals surface area contributed by atoms with Crippen LogP contribution in [-0.2, 0) is 6.54 Å². The SMILES string of the molecule is CCn1[c]nnc1C. The fourth-order valence-electron chi connectivity index (χ4n) is 0.575. The lowest BCUT2D eigenvalue weighted by atomic mass is 10.6. The third kappa shape index (κ3) is 0.710. The average molecular weight is 110 g/mol. The van der Waals surface area contributed by atoms with E-state index in [2.05, 4.69) is 16.5 Å². The van der Waals surface area contributed by atoms with Crippen molar-refractivity contribution in [3.05, 3.63) is 12.2 Å². The van der Waals surface area contributed by atoms with Crippen molar-refractivity contribution in [2.45, 2.75) is 20.4 Å². The van der Waals surface area contributed by atoms with Gasteiger partial charge in [0.1, 0.15) is 5.82 Å². The highest BCUT2D eigenvalue weighted by molar-refractivity contribution is 4.77. The highest BCUT2D eigenvalue weighted by Gasteiger charge is 1.91. The molecule has 1 heterocycles. The predicted octanol–water partition coefficient (Wildman–Crippen LogP) is 0.407. The summed E-state index contributed by atoms with van der Waals surface area (Å²) in [6, 6.07) is 0. The van der Waals surface area contributed by atoms with Gasteiger partial charge in [0.2, 0.25) is 6.33 Å². The summed E-state index contributed by atoms with van der Waals surface area (Å²) >= 11 is 0. The molecule has 0 aromatic carbocycles. The largest absolute Gasteiger partial charge is 0.309 e. The summed E-state index contributed by atoms with van der Waals surface area (Å²) in [5.74, 6) is 0.924. The van der Waals surface area contributed by atoms with Gasteiger partial charge in [-0.05, 0) is 13.8 Å². The van der Waals surface area contributed by atoms with Crippen LogP contribution in [0.5, 0.6) is 0 Å². The van der Waals surface area contributed by atoms with Crippen LogP contribution in [-0.4, -0.2) is 14.8 Å². The minimum Gasteiger partial charge on any atom is -0.309 e. The second-order valence-corrected chi connectivity index (χ2v) is 1.59. The first-order valence-corrected chi connectivity index (χ1v) is 2.62. The molecule has 0 aliphatic rings. The first-order chi connectivity index (χ1) is 3.84. The summed E-state index contributed by atoms with van der Waals surface area (Å²) < 4.78 is 1.86. The van der Waals surface area contributed by atoms with Crippen LogP contribution in [0.1, 0.15) is 12.7 Å². The van der Waals surface area contributed by atoms with Gasteiger partial charge in [0, 0.05) is 6.54 Å². The number of aryl methyl sites for hydroxylation is 2. The van der Waals surface area contributed by atoms with Crippen molar-refractivity contribution in [1.82, 2.24) is 14.8 Å². The molecule has 0 saturated heterocycles. The lowest BCUT2D eigenvalue weighted by molar-refractivity contribution is 0.724. The molecule has 0 aliphatic carbocycles. The quantitative estimate of drug-likeness (QED) is 0.524. The van der Waals surface area contributed by atoms with Crippen molar-refractivity contribution in [2.24, 2.45) is 0 Å². The molecule has 8 heavy (non-hydrogen) atoms. The third-order valence-corrected chi connectivity index (χ3v) is 1.07. The second-order valence-electron chi connectivity index (χ2n) is 1.59. The van der Waals surface area contributed by atoms with Gasteiger partial charge in [-0.2, -0.15) is 0 Å². The molecule has 0 saturated carbocycles. The molecule has 0 spiro atoms. The number of nitrogens with zero attached hydrogens (tertiary/aromatic N) is 3. The maximum atomic E-state index is 3.74. The molecule has 3 nitrogen and oxygen atoms in total. The summed E-state index contributed by atoms with van der Waals surface area (Å²) in [5.41, 5.74) is 0. The van der Waals surface area contributed by atoms with Crippen molar-refractivity contribution >= 4 is 0 Å². The fourth-order valence-corrected chi connectivity index (χ4v) is 0.575. The molecule has 0 amide bonds. The standard InChI is InChI=1S/C5H8N3/c1-3-8-4-6-7-5(8)2/h3H2,1-2H3. The first-order valence-electron chi connectivity index (χ1n) is 2.62. The molecule has 1 aromatic rings. The molecule has 1 aromatic heterocycles. The van der Waals surface area contributed by atoms with E-state index >= 15 is 0 Å². The van der Waals surface area contributed by atoms with Crippen LogP contribution in [0.3, 0.4) is 0 Å². The Morgan fingerprint density at radius 2 is 2.50 bits per heavy atom. The zero-order valence-corrected chi connectivity index (χ0v) is 5.05. The van der Waals surface area contributed by atoms with E-state index in [0.717, 1.165) is 12.4 Å². The lowest BCUT2D eigenvalue weighted by Gasteiger charge is -1.92. The minimum absolute atomic E-state index is 0.902. The summed E-state index contributed by atoms with van der Waals surface area (Å²) in [6.07, 6.45) is 2.71. The van der Waals surface area contributed by atoms with Crippen LogP contribution in [0, 0.1) is 13.3 Å². The van der Waals surface area contributed by atoms with Crippen molar-refractivity contribution in [3.8, 4) is 0 Å². The lowest BCUT2D eigenvalue weighted by Crippen LogP contribution is -1.94. The Kier molecular flexibility index (Phi) is 1.28. The summed E-state index contributed by atoms with van der Waals surface area (Å²) in [5, 5.41) is 7.33. The van der Waals surface area contributed by atoms with Gasteiger partial charge in [-0.1, -0.05) is 0 Å². The Labute approximate surface area is 48.4 Å². The van der Waals surface area contributed by atoms with Gasteiger partial charge in [0.05, 0.1) is 0 Å². The highest BCUT2D eigenvalue weighted by Crippen LogP contribution is 1.87. The molecule has 3 heteroatoms. The van der Waals surface area contributed by atoms with Gasteiger partial charge in [-0.15, -0.1) is 10.2 Å². The highest BCUT2D eigenvalue weighted by atomic mass is 15.2. The molecule has 0 aliphatic heterocycles. The van der Waals surface area contributed by atoms with E-state index in [0.29, 0.717) is 0 Å². The first kappa shape index (κ1) is 5.28. The second kappa shape index (κ2) is 1.94. The van der Waals surface area contributed by atoms with E-state index in [1.165, 1.54) is 0 Å². The molecular formula is C5H8N3. The summed E-state index contributed by atoms with van der Waals surface area (Å²) in [6.45, 7) is 4.85. The summed E-state index contributed by atoms with van der Waals surface area (Å²) in [4.78, 5) is 0. The van der Waals surface area contributed by atoms with Crippen molar-refractivity contribution in [2.75, 3.05) is 0 Å². The van der Waals surface area contributed by atoms with Crippen LogP contribution in [0.15, 0.2) is 0 Å². The van der Waals surface area contributed by atoms with Crippen LogP contribution >= 0.6 is 0 Å². The molecule has 1 rings (SSSR count). The van der Waals surface area contributed by atoms with Crippen molar-refractivity contribution in [3.63, 3.8) is 0 Å². The van der Waals surface area contributed by atoms with Gasteiger partial charge in [0.15, 0.2) is 0 Å². The van der Waals surface area contributed by atoms with Crippen molar-refractivity contribution in [1.29, 1.82) is 0 Å². The van der Waals surface area contributed by atoms with Crippen LogP contribution in [0.25, 0.3) is 0 Å². The number of rotatable bonds is 1. The van der Waals surface area contributed by atoms with Gasteiger partial charge < -0.3 is 4.57 Å². The maximum absolute atomic E-state index is 3.74. The number of aromatic nitrogens is 3. The summed E-state index contributed by atoms with van der Waals surface area (Å²) in [7, 11) is 0. The third-order valence-electron chi connectivity index (χ3n) is 1.07. The van der Waals surface area contributed by atoms with Gasteiger partial charge in [-0.3, -0.25) is 0 Å². The zero-order chi connectivity index (χ0) is 5.98. The zero-order valence-electron chi connectivity index (χ0n) is 5.05. The molecule has 0 atom stereocenters. The van der Waals surface area contributed by atoms with Gasteiger partial charge >= 0.3 is 0 Å². The molecule has 0 N–H and O–H groups in total. The normalized spacial score (nSPS) is 9.75. The van der Waals surface area contributed by atoms with Crippen LogP contribution in [0.2, 0.25) is 0 Å². The van der Waals surface area contributed by atoms with E-state index in [-0.39, 0.29) is 0 Å². The minimum atomic E-state index is 0.902. The van der Waals surface area contributed by atoms with Crippen molar-refractivity contribution < 1.29 is 0 Å². The predicted molar refractivity (Wildman–Crippen MR) is 29.3 cm³/mol. The number of hydrogen-bond donors (Lipinski definition) is 0. The molecular weight excluding hydrogens is 102 g/mol. The molecule has 1 radical (unpaired) electrons. The monoisotopic (exact) mass is 110 g/mol. The Morgan fingerprint density at radius 1 is 1.75 bits per heavy atom. The molecule has 0 bridgehead atoms. The smallest absolute Gasteiger partial charge is 0.202 e. The van der Waals surface area contributed by atoms with Crippen LogP contribution < -0.4 is 0 Å². The Hall–Kier alpha value is -0.860. The van der Waals surface area contributed by atoms with E-state index < -0.39 is 0 Å². The fraction of sp³-hybridized carbons (Fsp3) is 0.600. The van der Waals surface area contributed by atoms with Gasteiger partial charge in [0.25, 0.3) is 0 Å².